The topological polar surface area (TPSA) is 53.0 Å². The lowest BCUT2D eigenvalue weighted by atomic mass is 10.1. The quantitative estimate of drug-likeness (QED) is 0.694. The Morgan fingerprint density at radius 3 is 2.52 bits per heavy atom. The van der Waals surface area contributed by atoms with E-state index in [0.717, 1.165) is 26.4 Å². The first-order valence-electron chi connectivity index (χ1n) is 7.54. The Hall–Kier alpha value is -2.46. The number of carboxylic acids is 1. The van der Waals surface area contributed by atoms with Crippen LogP contribution in [0.2, 0.25) is 0 Å². The molecule has 1 aromatic heterocycles. The fraction of sp³-hybridized carbons (Fsp3) is 0.158. The molecule has 23 heavy (non-hydrogen) atoms. The molecule has 0 saturated carbocycles. The van der Waals surface area contributed by atoms with Gasteiger partial charge in [-0.3, -0.25) is 0 Å². The van der Waals surface area contributed by atoms with Gasteiger partial charge < -0.3 is 9.90 Å². The Bertz CT molecular complexity index is 804. The van der Waals surface area contributed by atoms with E-state index < -0.39 is 5.97 Å². The summed E-state index contributed by atoms with van der Waals surface area (Å²) in [4.78, 5) is 15.4. The number of thiazole rings is 1. The smallest absolute Gasteiger partial charge is 0.120 e. The first kappa shape index (κ1) is 15.4. The molecule has 0 unspecified atom stereocenters. The summed E-state index contributed by atoms with van der Waals surface area (Å²) in [6, 6.07) is 18.0. The first-order valence-corrected chi connectivity index (χ1v) is 8.35. The molecule has 3 aromatic rings. The highest BCUT2D eigenvalue weighted by Gasteiger charge is 2.09. The number of carbonyl (C=O) groups is 1. The number of carboxylic acid groups (broad SMARTS) is 1. The number of aliphatic carboxylic acids is 1. The van der Waals surface area contributed by atoms with E-state index in [1.165, 1.54) is 0 Å². The van der Waals surface area contributed by atoms with Crippen LogP contribution in [0.15, 0.2) is 54.6 Å². The Kier molecular flexibility index (Phi) is 4.83. The summed E-state index contributed by atoms with van der Waals surface area (Å²) < 4.78 is 1.14. The van der Waals surface area contributed by atoms with Gasteiger partial charge in [-0.25, -0.2) is 4.98 Å². The zero-order valence-electron chi connectivity index (χ0n) is 12.6. The standard InChI is InChI=1S/C19H17NO2S/c21-18(22)12-6-9-15(13-14-7-2-1-3-8-14)19-20-16-10-4-5-11-17(16)23-19/h1-5,7-8,10-11,13H,6,9,12H2,(H,21,22)/p-1/b15-13+. The zero-order valence-corrected chi connectivity index (χ0v) is 13.4. The van der Waals surface area contributed by atoms with Gasteiger partial charge in [0.25, 0.3) is 0 Å². The average molecular weight is 322 g/mol. The van der Waals surface area contributed by atoms with E-state index in [-0.39, 0.29) is 6.42 Å². The largest absolute Gasteiger partial charge is 0.550 e. The second-order valence-corrected chi connectivity index (χ2v) is 6.32. The molecule has 0 fully saturated rings. The van der Waals surface area contributed by atoms with Crippen molar-refractivity contribution in [2.45, 2.75) is 19.3 Å². The number of benzene rings is 2. The van der Waals surface area contributed by atoms with Crippen molar-refractivity contribution in [3.8, 4) is 0 Å². The SMILES string of the molecule is O=C([O-])CCC/C(=C\c1ccccc1)c1nc2ccccc2s1. The third-order valence-corrected chi connectivity index (χ3v) is 4.65. The van der Waals surface area contributed by atoms with Crippen LogP contribution in [0.5, 0.6) is 0 Å². The number of rotatable bonds is 6. The van der Waals surface area contributed by atoms with E-state index in [0.29, 0.717) is 12.8 Å². The lowest BCUT2D eigenvalue weighted by Crippen LogP contribution is -2.21. The molecule has 0 atom stereocenters. The molecule has 0 aliphatic heterocycles. The number of allylic oxidation sites excluding steroid dienone is 1. The maximum Gasteiger partial charge on any atom is 0.120 e. The molecule has 1 heterocycles. The van der Waals surface area contributed by atoms with Crippen LogP contribution in [0.3, 0.4) is 0 Å². The molecule has 0 radical (unpaired) electrons. The molecular weight excluding hydrogens is 306 g/mol. The van der Waals surface area contributed by atoms with Crippen molar-refractivity contribution in [2.75, 3.05) is 0 Å². The minimum Gasteiger partial charge on any atom is -0.550 e. The third kappa shape index (κ3) is 4.05. The predicted octanol–water partition coefficient (Wildman–Crippen LogP) is 3.76. The molecule has 0 aliphatic rings. The highest BCUT2D eigenvalue weighted by Crippen LogP contribution is 2.31. The van der Waals surface area contributed by atoms with Gasteiger partial charge in [-0.05, 0) is 48.6 Å². The van der Waals surface area contributed by atoms with Gasteiger partial charge in [-0.15, -0.1) is 11.3 Å². The van der Waals surface area contributed by atoms with Crippen LogP contribution in [-0.2, 0) is 4.79 Å². The molecule has 0 amide bonds. The Morgan fingerprint density at radius 2 is 1.78 bits per heavy atom. The second-order valence-electron chi connectivity index (χ2n) is 5.29. The van der Waals surface area contributed by atoms with Gasteiger partial charge >= 0.3 is 0 Å². The summed E-state index contributed by atoms with van der Waals surface area (Å²) in [6.07, 6.45) is 3.38. The number of hydrogen-bond donors (Lipinski definition) is 0. The normalized spacial score (nSPS) is 11.7. The monoisotopic (exact) mass is 322 g/mol. The summed E-state index contributed by atoms with van der Waals surface area (Å²) >= 11 is 1.64. The highest BCUT2D eigenvalue weighted by molar-refractivity contribution is 7.19. The summed E-state index contributed by atoms with van der Waals surface area (Å²) in [5.41, 5.74) is 3.14. The van der Waals surface area contributed by atoms with Crippen LogP contribution >= 0.6 is 11.3 Å². The number of nitrogens with zero attached hydrogens (tertiary/aromatic N) is 1. The van der Waals surface area contributed by atoms with Crippen LogP contribution in [0, 0.1) is 0 Å². The Labute approximate surface area is 138 Å². The minimum absolute atomic E-state index is 0.0665. The second kappa shape index (κ2) is 7.20. The maximum atomic E-state index is 10.7. The van der Waals surface area contributed by atoms with Crippen molar-refractivity contribution in [1.29, 1.82) is 0 Å². The number of aromatic nitrogens is 1. The van der Waals surface area contributed by atoms with Crippen molar-refractivity contribution >= 4 is 39.2 Å². The van der Waals surface area contributed by atoms with Crippen LogP contribution < -0.4 is 5.11 Å². The lowest BCUT2D eigenvalue weighted by Gasteiger charge is -2.06. The van der Waals surface area contributed by atoms with Crippen molar-refractivity contribution in [2.24, 2.45) is 0 Å². The molecule has 2 aromatic carbocycles. The van der Waals surface area contributed by atoms with E-state index in [1.54, 1.807) is 11.3 Å². The summed E-state index contributed by atoms with van der Waals surface area (Å²) in [7, 11) is 0. The Morgan fingerprint density at radius 1 is 1.04 bits per heavy atom. The fourth-order valence-electron chi connectivity index (χ4n) is 2.42. The van der Waals surface area contributed by atoms with Gasteiger partial charge in [-0.2, -0.15) is 0 Å². The molecule has 4 heteroatoms. The van der Waals surface area contributed by atoms with Crippen molar-refractivity contribution in [3.05, 3.63) is 65.2 Å². The van der Waals surface area contributed by atoms with Crippen LogP contribution in [0.1, 0.15) is 29.8 Å². The minimum atomic E-state index is -1.01. The first-order chi connectivity index (χ1) is 11.2. The van der Waals surface area contributed by atoms with Gasteiger partial charge in [0.2, 0.25) is 0 Å². The molecule has 3 nitrogen and oxygen atoms in total. The molecule has 0 bridgehead atoms. The maximum absolute atomic E-state index is 10.7. The van der Waals surface area contributed by atoms with E-state index >= 15 is 0 Å². The van der Waals surface area contributed by atoms with Crippen molar-refractivity contribution < 1.29 is 9.90 Å². The number of para-hydroxylation sites is 1. The molecule has 116 valence electrons. The highest BCUT2D eigenvalue weighted by atomic mass is 32.1. The molecule has 0 spiro atoms. The molecular formula is C19H16NO2S-. The van der Waals surface area contributed by atoms with E-state index in [2.05, 4.69) is 12.1 Å². The van der Waals surface area contributed by atoms with Gasteiger partial charge in [0.15, 0.2) is 0 Å². The number of carbonyl (C=O) groups excluding carboxylic acids is 1. The van der Waals surface area contributed by atoms with E-state index in [9.17, 15) is 9.90 Å². The molecule has 3 rings (SSSR count). The van der Waals surface area contributed by atoms with Crippen LogP contribution in [-0.4, -0.2) is 11.0 Å². The lowest BCUT2D eigenvalue weighted by molar-refractivity contribution is -0.305. The molecule has 0 aliphatic carbocycles. The number of fused-ring (bicyclic) bond motifs is 1. The third-order valence-electron chi connectivity index (χ3n) is 3.54. The van der Waals surface area contributed by atoms with Crippen LogP contribution in [0.25, 0.3) is 21.9 Å². The Balaban J connectivity index is 1.93. The van der Waals surface area contributed by atoms with E-state index in [4.69, 9.17) is 4.98 Å². The molecule has 0 N–H and O–H groups in total. The average Bonchev–Trinajstić information content (AvgIpc) is 2.98. The summed E-state index contributed by atoms with van der Waals surface area (Å²) in [6.45, 7) is 0. The fourth-order valence-corrected chi connectivity index (χ4v) is 3.43. The summed E-state index contributed by atoms with van der Waals surface area (Å²) in [5, 5.41) is 11.6. The van der Waals surface area contributed by atoms with Crippen molar-refractivity contribution in [1.82, 2.24) is 4.98 Å². The van der Waals surface area contributed by atoms with Gasteiger partial charge in [-0.1, -0.05) is 42.5 Å². The van der Waals surface area contributed by atoms with E-state index in [1.807, 2.05) is 48.5 Å². The predicted molar refractivity (Wildman–Crippen MR) is 92.8 cm³/mol. The van der Waals surface area contributed by atoms with Gasteiger partial charge in [0.1, 0.15) is 5.01 Å². The number of hydrogen-bond acceptors (Lipinski definition) is 4. The zero-order chi connectivity index (χ0) is 16.1. The van der Waals surface area contributed by atoms with Gasteiger partial charge in [0, 0.05) is 5.97 Å². The van der Waals surface area contributed by atoms with Gasteiger partial charge in [0.05, 0.1) is 10.2 Å². The van der Waals surface area contributed by atoms with Crippen LogP contribution in [0.4, 0.5) is 0 Å². The summed E-state index contributed by atoms with van der Waals surface area (Å²) in [5.74, 6) is -1.01. The molecule has 0 saturated heterocycles. The van der Waals surface area contributed by atoms with Crippen molar-refractivity contribution in [3.63, 3.8) is 0 Å².